The summed E-state index contributed by atoms with van der Waals surface area (Å²) < 4.78 is 52.7. The summed E-state index contributed by atoms with van der Waals surface area (Å²) in [5, 5.41) is 3.76. The molecule has 0 saturated carbocycles. The molecule has 3 aromatic rings. The highest BCUT2D eigenvalue weighted by molar-refractivity contribution is 5.98. The predicted octanol–water partition coefficient (Wildman–Crippen LogP) is 3.65. The molecule has 1 unspecified atom stereocenters. The number of rotatable bonds is 1. The molecule has 0 aliphatic carbocycles. The third-order valence-corrected chi connectivity index (χ3v) is 6.17. The topological polar surface area (TPSA) is 92.7 Å². The van der Waals surface area contributed by atoms with E-state index < -0.39 is 23.9 Å². The zero-order chi connectivity index (χ0) is 25.6. The molecule has 190 valence electrons. The molecule has 2 bridgehead atoms. The zero-order valence-electron chi connectivity index (χ0n) is 20.0. The van der Waals surface area contributed by atoms with Gasteiger partial charge in [0.25, 0.3) is 0 Å². The summed E-state index contributed by atoms with van der Waals surface area (Å²) in [5.74, 6) is 0.475. The Hall–Kier alpha value is -3.67. The fourth-order valence-electron chi connectivity index (χ4n) is 4.32. The number of anilines is 2. The van der Waals surface area contributed by atoms with Crippen LogP contribution in [-0.4, -0.2) is 65.2 Å². The molecule has 1 fully saturated rings. The summed E-state index contributed by atoms with van der Waals surface area (Å²) in [4.78, 5) is 29.5. The molecule has 1 amide bonds. The maximum atomic E-state index is 13.8. The van der Waals surface area contributed by atoms with Crippen molar-refractivity contribution in [2.24, 2.45) is 0 Å². The number of likely N-dealkylation sites (N-methyl/N-ethyl adjacent to an activating group) is 1. The average molecular weight is 502 g/mol. The van der Waals surface area contributed by atoms with Crippen LogP contribution in [0.1, 0.15) is 31.0 Å². The van der Waals surface area contributed by atoms with Gasteiger partial charge in [-0.15, -0.1) is 0 Å². The third-order valence-electron chi connectivity index (χ3n) is 6.17. The molecule has 36 heavy (non-hydrogen) atoms. The number of amides is 1. The van der Waals surface area contributed by atoms with Crippen LogP contribution in [-0.2, 0) is 11.0 Å². The fourth-order valence-corrected chi connectivity index (χ4v) is 4.32. The van der Waals surface area contributed by atoms with Crippen molar-refractivity contribution in [1.82, 2.24) is 19.9 Å². The minimum atomic E-state index is -4.59. The van der Waals surface area contributed by atoms with E-state index in [0.29, 0.717) is 41.2 Å². The molecular formula is C24H25F3N6O3. The summed E-state index contributed by atoms with van der Waals surface area (Å²) >= 11 is 0. The number of carbonyl (C=O) groups is 1. The molecule has 1 N–H and O–H groups in total. The number of halogens is 3. The van der Waals surface area contributed by atoms with E-state index in [0.717, 1.165) is 6.07 Å². The maximum Gasteiger partial charge on any atom is 0.419 e. The van der Waals surface area contributed by atoms with E-state index in [2.05, 4.69) is 20.3 Å². The zero-order valence-corrected chi connectivity index (χ0v) is 20.0. The third kappa shape index (κ3) is 4.60. The van der Waals surface area contributed by atoms with E-state index in [1.807, 2.05) is 11.9 Å². The minimum absolute atomic E-state index is 0.0422. The SMILES string of the molecule is CC1COc2c(cccc2C(F)(F)F)[C@@H](C)Nc2nc(nc3cnc(N4CCN(C)CC4=O)cc23)O1. The number of aromatic nitrogens is 3. The van der Waals surface area contributed by atoms with Crippen LogP contribution in [0.2, 0.25) is 0 Å². The molecule has 2 aliphatic heterocycles. The number of nitrogens with one attached hydrogen (secondary N) is 1. The standard InChI is InChI=1S/C24H25F3N6O3/c1-13-12-35-21-15(5-4-6-17(21)24(25,26)27)14(2)29-22-16-9-19(33-8-7-32(3)11-20(33)34)28-10-18(16)30-23(31-22)36-13/h4-6,9-10,13-14H,7-8,11-12H2,1-3H3,(H,29,30,31)/t13?,14-/m1/s1. The van der Waals surface area contributed by atoms with E-state index >= 15 is 0 Å². The van der Waals surface area contributed by atoms with Crippen molar-refractivity contribution in [2.45, 2.75) is 32.2 Å². The molecule has 4 heterocycles. The van der Waals surface area contributed by atoms with Crippen LogP contribution in [0.25, 0.3) is 10.9 Å². The Morgan fingerprint density at radius 2 is 1.97 bits per heavy atom. The highest BCUT2D eigenvalue weighted by Crippen LogP contribution is 2.41. The fraction of sp³-hybridized carbons (Fsp3) is 0.417. The van der Waals surface area contributed by atoms with Gasteiger partial charge in [-0.25, -0.2) is 4.98 Å². The number of piperazine rings is 1. The second-order valence-corrected chi connectivity index (χ2v) is 9.02. The number of benzene rings is 1. The van der Waals surface area contributed by atoms with Crippen molar-refractivity contribution in [1.29, 1.82) is 0 Å². The number of alkyl halides is 3. The molecule has 0 radical (unpaired) electrons. The van der Waals surface area contributed by atoms with Gasteiger partial charge < -0.3 is 14.8 Å². The van der Waals surface area contributed by atoms with Crippen LogP contribution < -0.4 is 19.7 Å². The number of hydrogen-bond donors (Lipinski definition) is 1. The molecule has 2 aliphatic rings. The van der Waals surface area contributed by atoms with Crippen molar-refractivity contribution >= 4 is 28.4 Å². The van der Waals surface area contributed by atoms with Gasteiger partial charge in [-0.05, 0) is 33.0 Å². The molecule has 1 aromatic carbocycles. The highest BCUT2D eigenvalue weighted by atomic mass is 19.4. The molecule has 2 atom stereocenters. The molecule has 1 saturated heterocycles. The lowest BCUT2D eigenvalue weighted by atomic mass is 10.0. The van der Waals surface area contributed by atoms with Crippen molar-refractivity contribution in [3.05, 3.63) is 41.6 Å². The first-order valence-electron chi connectivity index (χ1n) is 11.5. The van der Waals surface area contributed by atoms with Crippen LogP contribution in [0, 0.1) is 0 Å². The summed E-state index contributed by atoms with van der Waals surface area (Å²) in [7, 11) is 1.88. The molecule has 12 heteroatoms. The summed E-state index contributed by atoms with van der Waals surface area (Å²) in [6, 6.07) is 5.09. The number of pyridine rings is 1. The number of ether oxygens (including phenoxy) is 2. The normalized spacial score (nSPS) is 21.2. The predicted molar refractivity (Wildman–Crippen MR) is 126 cm³/mol. The van der Waals surface area contributed by atoms with Crippen LogP contribution in [0.5, 0.6) is 11.8 Å². The maximum absolute atomic E-state index is 13.8. The summed E-state index contributed by atoms with van der Waals surface area (Å²) in [5.41, 5.74) is -0.0600. The van der Waals surface area contributed by atoms with Gasteiger partial charge in [0.05, 0.1) is 29.9 Å². The minimum Gasteiger partial charge on any atom is -0.489 e. The van der Waals surface area contributed by atoms with Gasteiger partial charge in [0.2, 0.25) is 5.91 Å². The van der Waals surface area contributed by atoms with Crippen LogP contribution in [0.4, 0.5) is 24.8 Å². The van der Waals surface area contributed by atoms with Crippen molar-refractivity contribution in [3.63, 3.8) is 0 Å². The van der Waals surface area contributed by atoms with E-state index in [9.17, 15) is 18.0 Å². The Morgan fingerprint density at radius 3 is 2.72 bits per heavy atom. The number of nitrogens with zero attached hydrogens (tertiary/aromatic N) is 5. The summed E-state index contributed by atoms with van der Waals surface area (Å²) in [6.45, 7) is 4.72. The Kier molecular flexibility index (Phi) is 6.07. The van der Waals surface area contributed by atoms with Gasteiger partial charge in [-0.3, -0.25) is 14.6 Å². The quantitative estimate of drug-likeness (QED) is 0.539. The smallest absolute Gasteiger partial charge is 0.419 e. The van der Waals surface area contributed by atoms with Gasteiger partial charge in [-0.2, -0.15) is 23.1 Å². The van der Waals surface area contributed by atoms with Crippen molar-refractivity contribution in [3.8, 4) is 11.8 Å². The number of fused-ring (bicyclic) bond motifs is 5. The number of hydrogen-bond acceptors (Lipinski definition) is 8. The van der Waals surface area contributed by atoms with Gasteiger partial charge in [0.1, 0.15) is 30.1 Å². The number of carbonyl (C=O) groups excluding carboxylic acids is 1. The summed E-state index contributed by atoms with van der Waals surface area (Å²) in [6.07, 6.45) is -3.68. The first kappa shape index (κ1) is 24.0. The monoisotopic (exact) mass is 502 g/mol. The first-order valence-corrected chi connectivity index (χ1v) is 11.5. The van der Waals surface area contributed by atoms with E-state index in [1.54, 1.807) is 30.9 Å². The van der Waals surface area contributed by atoms with Crippen LogP contribution >= 0.6 is 0 Å². The van der Waals surface area contributed by atoms with E-state index in [-0.39, 0.29) is 30.8 Å². The highest BCUT2D eigenvalue weighted by Gasteiger charge is 2.36. The van der Waals surface area contributed by atoms with E-state index in [4.69, 9.17) is 9.47 Å². The Labute approximate surface area is 205 Å². The Balaban J connectivity index is 1.60. The molecule has 9 nitrogen and oxygen atoms in total. The van der Waals surface area contributed by atoms with Crippen LogP contribution in [0.15, 0.2) is 30.5 Å². The lowest BCUT2D eigenvalue weighted by molar-refractivity contribution is -0.139. The largest absolute Gasteiger partial charge is 0.489 e. The van der Waals surface area contributed by atoms with Crippen molar-refractivity contribution in [2.75, 3.05) is 43.5 Å². The van der Waals surface area contributed by atoms with Gasteiger partial charge in [0, 0.05) is 24.0 Å². The van der Waals surface area contributed by atoms with E-state index in [1.165, 1.54) is 12.3 Å². The van der Waals surface area contributed by atoms with Gasteiger partial charge >= 0.3 is 12.2 Å². The molecule has 5 rings (SSSR count). The van der Waals surface area contributed by atoms with Gasteiger partial charge in [0.15, 0.2) is 0 Å². The molecular weight excluding hydrogens is 477 g/mol. The first-order chi connectivity index (χ1) is 17.1. The van der Waals surface area contributed by atoms with Crippen LogP contribution in [0.3, 0.4) is 0 Å². The second kappa shape index (κ2) is 9.08. The lowest BCUT2D eigenvalue weighted by Crippen LogP contribution is -2.49. The molecule has 2 aromatic heterocycles. The lowest BCUT2D eigenvalue weighted by Gasteiger charge is -2.31. The molecule has 0 spiro atoms. The Bertz CT molecular complexity index is 1320. The second-order valence-electron chi connectivity index (χ2n) is 9.02. The number of para-hydroxylation sites is 1. The van der Waals surface area contributed by atoms with Gasteiger partial charge in [-0.1, -0.05) is 12.1 Å². The average Bonchev–Trinajstić information content (AvgIpc) is 2.83. The Morgan fingerprint density at radius 1 is 1.17 bits per heavy atom. The van der Waals surface area contributed by atoms with Crippen molar-refractivity contribution < 1.29 is 27.4 Å².